The van der Waals surface area contributed by atoms with Crippen LogP contribution >= 0.6 is 11.3 Å². The summed E-state index contributed by atoms with van der Waals surface area (Å²) in [5.74, 6) is 0.470. The summed E-state index contributed by atoms with van der Waals surface area (Å²) in [7, 11) is 0. The molecular weight excluding hydrogens is 272 g/mol. The summed E-state index contributed by atoms with van der Waals surface area (Å²) in [5.41, 5.74) is 1.28. The van der Waals surface area contributed by atoms with Crippen LogP contribution in [0.2, 0.25) is 0 Å². The summed E-state index contributed by atoms with van der Waals surface area (Å²) in [6.45, 7) is 5.36. The van der Waals surface area contributed by atoms with Crippen molar-refractivity contribution in [2.45, 2.75) is 45.7 Å². The Morgan fingerprint density at radius 3 is 2.70 bits per heavy atom. The molecule has 5 heteroatoms. The first-order chi connectivity index (χ1) is 9.54. The van der Waals surface area contributed by atoms with E-state index in [9.17, 15) is 9.59 Å². The normalized spacial score (nSPS) is 23.7. The third-order valence-corrected chi connectivity index (χ3v) is 5.30. The molecule has 1 aliphatic heterocycles. The third kappa shape index (κ3) is 2.73. The van der Waals surface area contributed by atoms with E-state index in [4.69, 9.17) is 0 Å². The lowest BCUT2D eigenvalue weighted by atomic mass is 10.1. The topological polar surface area (TPSA) is 49.4 Å². The molecule has 1 N–H and O–H groups in total. The van der Waals surface area contributed by atoms with Gasteiger partial charge in [0.15, 0.2) is 0 Å². The van der Waals surface area contributed by atoms with Crippen molar-refractivity contribution in [2.75, 3.05) is 6.54 Å². The van der Waals surface area contributed by atoms with Crippen molar-refractivity contribution in [3.05, 3.63) is 21.4 Å². The second kappa shape index (κ2) is 5.20. The van der Waals surface area contributed by atoms with Crippen LogP contribution in [-0.2, 0) is 16.1 Å². The van der Waals surface area contributed by atoms with Gasteiger partial charge in [-0.2, -0.15) is 0 Å². The van der Waals surface area contributed by atoms with E-state index in [1.165, 1.54) is 15.3 Å². The van der Waals surface area contributed by atoms with Crippen LogP contribution in [0.5, 0.6) is 0 Å². The molecule has 1 aromatic heterocycles. The number of aryl methyl sites for hydroxylation is 2. The minimum absolute atomic E-state index is 0.0105. The van der Waals surface area contributed by atoms with Gasteiger partial charge >= 0.3 is 0 Å². The van der Waals surface area contributed by atoms with E-state index in [-0.39, 0.29) is 17.9 Å². The largest absolute Gasteiger partial charge is 0.344 e. The molecule has 2 amide bonds. The van der Waals surface area contributed by atoms with E-state index in [0.717, 1.165) is 12.8 Å². The highest BCUT2D eigenvalue weighted by Crippen LogP contribution is 2.34. The van der Waals surface area contributed by atoms with Crippen LogP contribution in [0, 0.1) is 19.8 Å². The van der Waals surface area contributed by atoms with Crippen LogP contribution in [0.1, 0.15) is 34.6 Å². The number of nitrogens with zero attached hydrogens (tertiary/aromatic N) is 1. The molecule has 1 unspecified atom stereocenters. The predicted octanol–water partition coefficient (Wildman–Crippen LogP) is 1.99. The second-order valence-electron chi connectivity index (χ2n) is 5.84. The number of amides is 2. The van der Waals surface area contributed by atoms with Gasteiger partial charge in [-0.25, -0.2) is 0 Å². The molecule has 3 rings (SSSR count). The van der Waals surface area contributed by atoms with Gasteiger partial charge in [-0.05, 0) is 44.2 Å². The van der Waals surface area contributed by atoms with E-state index in [1.807, 2.05) is 4.90 Å². The van der Waals surface area contributed by atoms with E-state index >= 15 is 0 Å². The van der Waals surface area contributed by atoms with Crippen molar-refractivity contribution in [2.24, 2.45) is 5.92 Å². The number of carbonyl (C=O) groups is 2. The molecule has 2 aliphatic rings. The minimum Gasteiger partial charge on any atom is -0.344 e. The molecule has 0 aromatic carbocycles. The summed E-state index contributed by atoms with van der Waals surface area (Å²) in [5, 5.41) is 2.90. The van der Waals surface area contributed by atoms with Gasteiger partial charge in [0.2, 0.25) is 11.8 Å². The standard InChI is InChI=1S/C15H20N2O2S/c1-9-7-12(20-10(9)2)8-17-6-5-13(18)16-14(15(17)19)11-3-4-11/h7,11,14H,3-6,8H2,1-2H3,(H,16,18). The van der Waals surface area contributed by atoms with Crippen LogP contribution in [0.15, 0.2) is 6.07 Å². The molecule has 0 bridgehead atoms. The van der Waals surface area contributed by atoms with Gasteiger partial charge in [-0.3, -0.25) is 9.59 Å². The summed E-state index contributed by atoms with van der Waals surface area (Å²) in [4.78, 5) is 28.7. The average Bonchev–Trinajstić information content (AvgIpc) is 3.19. The second-order valence-corrected chi connectivity index (χ2v) is 7.19. The molecule has 20 heavy (non-hydrogen) atoms. The molecule has 4 nitrogen and oxygen atoms in total. The first-order valence-corrected chi connectivity index (χ1v) is 8.00. The minimum atomic E-state index is -0.285. The number of thiophene rings is 1. The molecule has 2 fully saturated rings. The van der Waals surface area contributed by atoms with Gasteiger partial charge < -0.3 is 10.2 Å². The number of nitrogens with one attached hydrogen (secondary N) is 1. The van der Waals surface area contributed by atoms with Crippen LogP contribution in [-0.4, -0.2) is 29.3 Å². The Morgan fingerprint density at radius 2 is 2.10 bits per heavy atom. The fourth-order valence-electron chi connectivity index (χ4n) is 2.67. The molecule has 0 radical (unpaired) electrons. The maximum Gasteiger partial charge on any atom is 0.245 e. The first-order valence-electron chi connectivity index (χ1n) is 7.18. The lowest BCUT2D eigenvalue weighted by molar-refractivity contribution is -0.134. The Hall–Kier alpha value is -1.36. The molecule has 1 saturated carbocycles. The summed E-state index contributed by atoms with van der Waals surface area (Å²) in [6.07, 6.45) is 2.53. The van der Waals surface area contributed by atoms with Crippen molar-refractivity contribution in [3.8, 4) is 0 Å². The fraction of sp³-hybridized carbons (Fsp3) is 0.600. The zero-order chi connectivity index (χ0) is 14.3. The van der Waals surface area contributed by atoms with Crippen LogP contribution < -0.4 is 5.32 Å². The maximum absolute atomic E-state index is 12.6. The highest BCUT2D eigenvalue weighted by Gasteiger charge is 2.40. The Kier molecular flexibility index (Phi) is 3.54. The van der Waals surface area contributed by atoms with Crippen molar-refractivity contribution in [1.29, 1.82) is 0 Å². The predicted molar refractivity (Wildman–Crippen MR) is 78.5 cm³/mol. The highest BCUT2D eigenvalue weighted by atomic mass is 32.1. The number of carbonyl (C=O) groups excluding carboxylic acids is 2. The summed E-state index contributed by atoms with van der Waals surface area (Å²) >= 11 is 1.74. The molecule has 1 atom stereocenters. The van der Waals surface area contributed by atoms with E-state index in [2.05, 4.69) is 25.2 Å². The fourth-order valence-corrected chi connectivity index (χ4v) is 3.74. The maximum atomic E-state index is 12.6. The van der Waals surface area contributed by atoms with E-state index in [1.54, 1.807) is 11.3 Å². The van der Waals surface area contributed by atoms with Crippen molar-refractivity contribution in [1.82, 2.24) is 10.2 Å². The van der Waals surface area contributed by atoms with Gasteiger partial charge in [0, 0.05) is 22.7 Å². The molecule has 1 aliphatic carbocycles. The molecule has 1 aromatic rings. The van der Waals surface area contributed by atoms with Crippen molar-refractivity contribution >= 4 is 23.2 Å². The quantitative estimate of drug-likeness (QED) is 0.926. The zero-order valence-electron chi connectivity index (χ0n) is 11.9. The van der Waals surface area contributed by atoms with Gasteiger partial charge in [0.05, 0.1) is 6.54 Å². The van der Waals surface area contributed by atoms with E-state index < -0.39 is 0 Å². The number of hydrogen-bond donors (Lipinski definition) is 1. The molecule has 1 saturated heterocycles. The lowest BCUT2D eigenvalue weighted by Gasteiger charge is -2.23. The number of hydrogen-bond acceptors (Lipinski definition) is 3. The summed E-state index contributed by atoms with van der Waals surface area (Å²) < 4.78 is 0. The summed E-state index contributed by atoms with van der Waals surface area (Å²) in [6, 6.07) is 1.87. The van der Waals surface area contributed by atoms with Gasteiger partial charge in [0.1, 0.15) is 6.04 Å². The average molecular weight is 292 g/mol. The monoisotopic (exact) mass is 292 g/mol. The SMILES string of the molecule is Cc1cc(CN2CCC(=O)NC(C3CC3)C2=O)sc1C. The van der Waals surface area contributed by atoms with Crippen molar-refractivity contribution in [3.63, 3.8) is 0 Å². The smallest absolute Gasteiger partial charge is 0.245 e. The first kappa shape index (κ1) is 13.6. The highest BCUT2D eigenvalue weighted by molar-refractivity contribution is 7.12. The van der Waals surface area contributed by atoms with Crippen LogP contribution in [0.3, 0.4) is 0 Å². The Labute approximate surface area is 123 Å². The lowest BCUT2D eigenvalue weighted by Crippen LogP contribution is -2.45. The molecular formula is C15H20N2O2S. The molecule has 108 valence electrons. The van der Waals surface area contributed by atoms with Crippen molar-refractivity contribution < 1.29 is 9.59 Å². The van der Waals surface area contributed by atoms with E-state index in [0.29, 0.717) is 25.4 Å². The Bertz CT molecular complexity index is 529. The Balaban J connectivity index is 1.76. The molecule has 0 spiro atoms. The zero-order valence-corrected chi connectivity index (χ0v) is 12.8. The van der Waals surface area contributed by atoms with Crippen LogP contribution in [0.4, 0.5) is 0 Å². The number of rotatable bonds is 3. The van der Waals surface area contributed by atoms with Gasteiger partial charge in [-0.15, -0.1) is 11.3 Å². The van der Waals surface area contributed by atoms with Gasteiger partial charge in [-0.1, -0.05) is 0 Å². The third-order valence-electron chi connectivity index (χ3n) is 4.16. The van der Waals surface area contributed by atoms with Crippen LogP contribution in [0.25, 0.3) is 0 Å². The van der Waals surface area contributed by atoms with Gasteiger partial charge in [0.25, 0.3) is 0 Å². The molecule has 2 heterocycles. The Morgan fingerprint density at radius 1 is 1.35 bits per heavy atom.